The second-order valence-corrected chi connectivity index (χ2v) is 4.83. The minimum atomic E-state index is -0.561. The number of hydrogen-bond donors (Lipinski definition) is 3. The number of amides is 3. The molecule has 0 aliphatic carbocycles. The minimum Gasteiger partial charge on any atom is -0.391 e. The summed E-state index contributed by atoms with van der Waals surface area (Å²) in [6.07, 6.45) is 1.57. The first kappa shape index (κ1) is 17.7. The Morgan fingerprint density at radius 1 is 1.36 bits per heavy atom. The lowest BCUT2D eigenvalue weighted by atomic mass is 10.2. The zero-order valence-electron chi connectivity index (χ0n) is 12.8. The smallest absolute Gasteiger partial charge is 0.321 e. The lowest BCUT2D eigenvalue weighted by Gasteiger charge is -2.26. The molecule has 0 aliphatic rings. The molecule has 0 unspecified atom stereocenters. The lowest BCUT2D eigenvalue weighted by molar-refractivity contribution is -0.118. The van der Waals surface area contributed by atoms with Crippen molar-refractivity contribution in [3.63, 3.8) is 0 Å². The summed E-state index contributed by atoms with van der Waals surface area (Å²) in [5.74, 6) is -0.436. The van der Waals surface area contributed by atoms with Crippen LogP contribution in [0.2, 0.25) is 0 Å². The standard InChI is InChI=1S/C16H23N3O3/c1-3-10-17-16(22)18-15(21)12-19(11-14(20)4-2)13-8-6-5-7-9-13/h3,5-9,14,20H,1,4,10-12H2,2H3,(H2,17,18,21,22)/t14-/m0/s1. The first-order valence-electron chi connectivity index (χ1n) is 7.23. The molecule has 3 amide bonds. The van der Waals surface area contributed by atoms with E-state index >= 15 is 0 Å². The zero-order valence-corrected chi connectivity index (χ0v) is 12.8. The van der Waals surface area contributed by atoms with Crippen LogP contribution in [0.15, 0.2) is 43.0 Å². The SMILES string of the molecule is C=CCNC(=O)NC(=O)CN(C[C@@H](O)CC)c1ccccc1. The maximum absolute atomic E-state index is 11.9. The summed E-state index contributed by atoms with van der Waals surface area (Å²) >= 11 is 0. The van der Waals surface area contributed by atoms with E-state index in [4.69, 9.17) is 0 Å². The highest BCUT2D eigenvalue weighted by atomic mass is 16.3. The van der Waals surface area contributed by atoms with Crippen LogP contribution in [0.1, 0.15) is 13.3 Å². The predicted octanol–water partition coefficient (Wildman–Crippen LogP) is 1.28. The van der Waals surface area contributed by atoms with Crippen LogP contribution in [-0.4, -0.2) is 42.8 Å². The van der Waals surface area contributed by atoms with Gasteiger partial charge in [0.15, 0.2) is 0 Å². The van der Waals surface area contributed by atoms with Crippen molar-refractivity contribution in [2.75, 3.05) is 24.5 Å². The summed E-state index contributed by atoms with van der Waals surface area (Å²) in [6, 6.07) is 8.74. The van der Waals surface area contributed by atoms with Crippen LogP contribution in [0, 0.1) is 0 Å². The molecule has 120 valence electrons. The highest BCUT2D eigenvalue weighted by Gasteiger charge is 2.16. The van der Waals surface area contributed by atoms with Crippen LogP contribution in [0.4, 0.5) is 10.5 Å². The fourth-order valence-electron chi connectivity index (χ4n) is 1.83. The van der Waals surface area contributed by atoms with Crippen molar-refractivity contribution in [3.8, 4) is 0 Å². The van der Waals surface area contributed by atoms with Crippen LogP contribution in [0.5, 0.6) is 0 Å². The van der Waals surface area contributed by atoms with Crippen LogP contribution < -0.4 is 15.5 Å². The molecule has 1 atom stereocenters. The van der Waals surface area contributed by atoms with E-state index in [1.165, 1.54) is 6.08 Å². The molecule has 0 radical (unpaired) electrons. The van der Waals surface area contributed by atoms with Gasteiger partial charge in [0, 0.05) is 18.8 Å². The Morgan fingerprint density at radius 3 is 2.64 bits per heavy atom. The number of carbonyl (C=O) groups excluding carboxylic acids is 2. The highest BCUT2D eigenvalue weighted by molar-refractivity contribution is 5.96. The normalized spacial score (nSPS) is 11.4. The van der Waals surface area contributed by atoms with Crippen molar-refractivity contribution in [2.45, 2.75) is 19.4 Å². The number of urea groups is 1. The fourth-order valence-corrected chi connectivity index (χ4v) is 1.83. The Labute approximate surface area is 130 Å². The van der Waals surface area contributed by atoms with Crippen molar-refractivity contribution >= 4 is 17.6 Å². The summed E-state index contributed by atoms with van der Waals surface area (Å²) in [7, 11) is 0. The van der Waals surface area contributed by atoms with Gasteiger partial charge >= 0.3 is 6.03 Å². The summed E-state index contributed by atoms with van der Waals surface area (Å²) in [5.41, 5.74) is 0.816. The Hall–Kier alpha value is -2.34. The number of para-hydroxylation sites is 1. The van der Waals surface area contributed by atoms with Gasteiger partial charge in [-0.25, -0.2) is 4.79 Å². The van der Waals surface area contributed by atoms with Gasteiger partial charge in [-0.2, -0.15) is 0 Å². The van der Waals surface area contributed by atoms with Gasteiger partial charge in [-0.3, -0.25) is 10.1 Å². The number of anilines is 1. The Balaban J connectivity index is 2.66. The molecular formula is C16H23N3O3. The highest BCUT2D eigenvalue weighted by Crippen LogP contribution is 2.13. The van der Waals surface area contributed by atoms with Crippen LogP contribution in [0.3, 0.4) is 0 Å². The zero-order chi connectivity index (χ0) is 16.4. The fraction of sp³-hybridized carbons (Fsp3) is 0.375. The third-order valence-corrected chi connectivity index (χ3v) is 3.02. The Bertz CT molecular complexity index is 491. The summed E-state index contributed by atoms with van der Waals surface area (Å²) in [4.78, 5) is 25.1. The van der Waals surface area contributed by atoms with Gasteiger partial charge < -0.3 is 15.3 Å². The molecule has 0 aromatic heterocycles. The first-order valence-corrected chi connectivity index (χ1v) is 7.23. The monoisotopic (exact) mass is 305 g/mol. The molecule has 0 heterocycles. The van der Waals surface area contributed by atoms with E-state index in [2.05, 4.69) is 17.2 Å². The van der Waals surface area contributed by atoms with Crippen molar-refractivity contribution < 1.29 is 14.7 Å². The maximum Gasteiger partial charge on any atom is 0.321 e. The number of benzene rings is 1. The molecule has 1 aromatic rings. The van der Waals surface area contributed by atoms with Crippen LogP contribution >= 0.6 is 0 Å². The van der Waals surface area contributed by atoms with E-state index in [0.29, 0.717) is 13.0 Å². The topological polar surface area (TPSA) is 81.7 Å². The van der Waals surface area contributed by atoms with Crippen LogP contribution in [0.25, 0.3) is 0 Å². The minimum absolute atomic E-state index is 0.0113. The number of aliphatic hydroxyl groups is 1. The molecule has 22 heavy (non-hydrogen) atoms. The van der Waals surface area contributed by atoms with Gasteiger partial charge in [-0.05, 0) is 18.6 Å². The van der Waals surface area contributed by atoms with Crippen molar-refractivity contribution in [1.29, 1.82) is 0 Å². The largest absolute Gasteiger partial charge is 0.391 e. The number of imide groups is 1. The van der Waals surface area contributed by atoms with Gasteiger partial charge in [0.2, 0.25) is 5.91 Å². The van der Waals surface area contributed by atoms with E-state index in [0.717, 1.165) is 5.69 Å². The van der Waals surface area contributed by atoms with E-state index in [1.807, 2.05) is 37.3 Å². The number of nitrogens with one attached hydrogen (secondary N) is 2. The number of rotatable bonds is 8. The summed E-state index contributed by atoms with van der Waals surface area (Å²) < 4.78 is 0. The number of nitrogens with zero attached hydrogens (tertiary/aromatic N) is 1. The van der Waals surface area contributed by atoms with Crippen molar-refractivity contribution in [2.24, 2.45) is 0 Å². The van der Waals surface area contributed by atoms with E-state index in [1.54, 1.807) is 4.90 Å². The van der Waals surface area contributed by atoms with Gasteiger partial charge in [0.05, 0.1) is 12.6 Å². The molecule has 6 heteroatoms. The third kappa shape index (κ3) is 6.41. The molecule has 1 rings (SSSR count). The molecule has 0 saturated carbocycles. The molecule has 0 aliphatic heterocycles. The van der Waals surface area contributed by atoms with Gasteiger partial charge in [0.1, 0.15) is 0 Å². The molecular weight excluding hydrogens is 282 g/mol. The quantitative estimate of drug-likeness (QED) is 0.632. The number of aliphatic hydroxyl groups excluding tert-OH is 1. The first-order chi connectivity index (χ1) is 10.6. The average Bonchev–Trinajstić information content (AvgIpc) is 2.52. The molecule has 0 bridgehead atoms. The Morgan fingerprint density at radius 2 is 2.05 bits per heavy atom. The second kappa shape index (κ2) is 9.57. The molecule has 3 N–H and O–H groups in total. The van der Waals surface area contributed by atoms with Crippen LogP contribution in [-0.2, 0) is 4.79 Å². The van der Waals surface area contributed by atoms with Crippen molar-refractivity contribution in [1.82, 2.24) is 10.6 Å². The van der Waals surface area contributed by atoms with Gasteiger partial charge in [-0.1, -0.05) is 31.2 Å². The summed E-state index contributed by atoms with van der Waals surface area (Å²) in [6.45, 7) is 5.95. The molecule has 0 fully saturated rings. The summed E-state index contributed by atoms with van der Waals surface area (Å²) in [5, 5.41) is 14.6. The number of carbonyl (C=O) groups is 2. The molecule has 0 saturated heterocycles. The molecule has 0 spiro atoms. The average molecular weight is 305 g/mol. The van der Waals surface area contributed by atoms with Gasteiger partial charge in [-0.15, -0.1) is 6.58 Å². The van der Waals surface area contributed by atoms with Crippen molar-refractivity contribution in [3.05, 3.63) is 43.0 Å². The lowest BCUT2D eigenvalue weighted by Crippen LogP contribution is -2.46. The van der Waals surface area contributed by atoms with E-state index in [9.17, 15) is 14.7 Å². The Kier molecular flexibility index (Phi) is 7.70. The second-order valence-electron chi connectivity index (χ2n) is 4.83. The predicted molar refractivity (Wildman–Crippen MR) is 86.7 cm³/mol. The molecule has 6 nitrogen and oxygen atoms in total. The van der Waals surface area contributed by atoms with E-state index in [-0.39, 0.29) is 13.1 Å². The van der Waals surface area contributed by atoms with Gasteiger partial charge in [0.25, 0.3) is 0 Å². The number of hydrogen-bond acceptors (Lipinski definition) is 4. The molecule has 1 aromatic carbocycles. The third-order valence-electron chi connectivity index (χ3n) is 3.02. The van der Waals surface area contributed by atoms with E-state index < -0.39 is 18.0 Å². The maximum atomic E-state index is 11.9.